The van der Waals surface area contributed by atoms with E-state index in [1.165, 1.54) is 11.8 Å². The van der Waals surface area contributed by atoms with Crippen molar-refractivity contribution in [1.29, 1.82) is 0 Å². The third-order valence-corrected chi connectivity index (χ3v) is 5.14. The summed E-state index contributed by atoms with van der Waals surface area (Å²) < 4.78 is 5.88. The quantitative estimate of drug-likeness (QED) is 0.654. The zero-order valence-corrected chi connectivity index (χ0v) is 16.6. The second-order valence-electron chi connectivity index (χ2n) is 7.14. The lowest BCUT2D eigenvalue weighted by Crippen LogP contribution is -2.32. The van der Waals surface area contributed by atoms with Crippen LogP contribution in [0.3, 0.4) is 0 Å². The van der Waals surface area contributed by atoms with Crippen molar-refractivity contribution in [2.24, 2.45) is 0 Å². The van der Waals surface area contributed by atoms with E-state index in [0.717, 1.165) is 37.1 Å². The lowest BCUT2D eigenvalue weighted by atomic mass is 10.2. The molecule has 1 amide bonds. The molecule has 0 atom stereocenters. The van der Waals surface area contributed by atoms with Gasteiger partial charge in [0.1, 0.15) is 6.54 Å². The van der Waals surface area contributed by atoms with Crippen LogP contribution in [0, 0.1) is 0 Å². The summed E-state index contributed by atoms with van der Waals surface area (Å²) in [6, 6.07) is 13.7. The van der Waals surface area contributed by atoms with E-state index in [9.17, 15) is 14.4 Å². The Labute approximate surface area is 173 Å². The van der Waals surface area contributed by atoms with E-state index < -0.39 is 5.97 Å². The molecule has 2 aromatic carbocycles. The highest BCUT2D eigenvalue weighted by molar-refractivity contribution is 5.94. The van der Waals surface area contributed by atoms with E-state index in [1.807, 2.05) is 18.2 Å². The lowest BCUT2D eigenvalue weighted by molar-refractivity contribution is -0.117. The number of hydrogen-bond acceptors (Lipinski definition) is 6. The molecule has 3 aromatic rings. The van der Waals surface area contributed by atoms with Crippen molar-refractivity contribution in [2.75, 3.05) is 30.4 Å². The normalized spacial score (nSPS) is 13.4. The van der Waals surface area contributed by atoms with Gasteiger partial charge in [-0.25, -0.2) is 9.48 Å². The number of nitrogens with zero attached hydrogens (tertiary/aromatic N) is 3. The van der Waals surface area contributed by atoms with Gasteiger partial charge in [0.05, 0.1) is 18.1 Å². The molecule has 1 fully saturated rings. The fourth-order valence-corrected chi connectivity index (χ4v) is 3.63. The second kappa shape index (κ2) is 8.36. The molecule has 0 radical (unpaired) electrons. The predicted octanol–water partition coefficient (Wildman–Crippen LogP) is 2.42. The zero-order chi connectivity index (χ0) is 21.1. The first kappa shape index (κ1) is 19.6. The molecular formula is C22H22N4O4. The Hall–Kier alpha value is -3.68. The van der Waals surface area contributed by atoms with Crippen LogP contribution in [0.15, 0.2) is 53.3 Å². The minimum Gasteiger partial charge on any atom is -0.465 e. The molecule has 1 N–H and O–H groups in total. The number of ether oxygens (including phenoxy) is 1. The van der Waals surface area contributed by atoms with Crippen LogP contribution < -0.4 is 15.8 Å². The van der Waals surface area contributed by atoms with E-state index >= 15 is 0 Å². The molecule has 30 heavy (non-hydrogen) atoms. The first-order chi connectivity index (χ1) is 14.6. The van der Waals surface area contributed by atoms with Crippen LogP contribution in [0.2, 0.25) is 0 Å². The number of rotatable bonds is 5. The molecular weight excluding hydrogens is 384 g/mol. The molecule has 1 aliphatic heterocycles. The average Bonchev–Trinajstić information content (AvgIpc) is 3.30. The van der Waals surface area contributed by atoms with Gasteiger partial charge in [0.15, 0.2) is 5.82 Å². The number of hydrogen-bond donors (Lipinski definition) is 1. The van der Waals surface area contributed by atoms with Crippen LogP contribution in [0.5, 0.6) is 0 Å². The summed E-state index contributed by atoms with van der Waals surface area (Å²) in [5.41, 5.74) is 0.601. The van der Waals surface area contributed by atoms with Gasteiger partial charge >= 0.3 is 5.97 Å². The molecule has 2 heterocycles. The van der Waals surface area contributed by atoms with E-state index in [4.69, 9.17) is 0 Å². The smallest absolute Gasteiger partial charge is 0.337 e. The van der Waals surface area contributed by atoms with Crippen LogP contribution >= 0.6 is 0 Å². The van der Waals surface area contributed by atoms with Gasteiger partial charge in [-0.1, -0.05) is 18.2 Å². The first-order valence-corrected chi connectivity index (χ1v) is 9.80. The Bertz CT molecular complexity index is 1150. The van der Waals surface area contributed by atoms with E-state index in [1.54, 1.807) is 30.3 Å². The summed E-state index contributed by atoms with van der Waals surface area (Å²) in [5.74, 6) is -0.0924. The highest BCUT2D eigenvalue weighted by Crippen LogP contribution is 2.25. The number of amides is 1. The predicted molar refractivity (Wildman–Crippen MR) is 114 cm³/mol. The summed E-state index contributed by atoms with van der Waals surface area (Å²) in [7, 11) is 1.31. The van der Waals surface area contributed by atoms with Gasteiger partial charge in [-0.2, -0.15) is 5.10 Å². The topological polar surface area (TPSA) is 93.5 Å². The third kappa shape index (κ3) is 3.89. The number of aromatic nitrogens is 2. The monoisotopic (exact) mass is 406 g/mol. The van der Waals surface area contributed by atoms with Crippen molar-refractivity contribution in [3.8, 4) is 0 Å². The number of esters is 1. The molecule has 0 aliphatic carbocycles. The summed E-state index contributed by atoms with van der Waals surface area (Å²) in [6.07, 6.45) is 2.16. The largest absolute Gasteiger partial charge is 0.465 e. The summed E-state index contributed by atoms with van der Waals surface area (Å²) in [6.45, 7) is 1.56. The maximum Gasteiger partial charge on any atom is 0.337 e. The molecule has 0 unspecified atom stereocenters. The fourth-order valence-electron chi connectivity index (χ4n) is 3.63. The molecule has 8 heteroatoms. The molecule has 8 nitrogen and oxygen atoms in total. The Morgan fingerprint density at radius 1 is 1.03 bits per heavy atom. The van der Waals surface area contributed by atoms with Gasteiger partial charge in [0.25, 0.3) is 5.56 Å². The molecule has 4 rings (SSSR count). The fraction of sp³-hybridized carbons (Fsp3) is 0.273. The number of methoxy groups -OCH3 is 1. The highest BCUT2D eigenvalue weighted by atomic mass is 16.5. The van der Waals surface area contributed by atoms with E-state index in [-0.39, 0.29) is 18.0 Å². The van der Waals surface area contributed by atoms with Crippen molar-refractivity contribution in [3.63, 3.8) is 0 Å². The minimum absolute atomic E-state index is 0.205. The molecule has 1 aliphatic rings. The molecule has 1 saturated heterocycles. The zero-order valence-electron chi connectivity index (χ0n) is 16.6. The van der Waals surface area contributed by atoms with Crippen LogP contribution in [-0.2, 0) is 16.1 Å². The van der Waals surface area contributed by atoms with E-state index in [2.05, 4.69) is 20.1 Å². The molecule has 0 bridgehead atoms. The standard InChI is InChI=1S/C22H22N4O4/c1-30-22(29)15-8-10-16(11-9-15)23-19(27)14-26-21(28)18-7-3-2-6-17(18)20(24-26)25-12-4-5-13-25/h2-3,6-11H,4-5,12-14H2,1H3,(H,23,27). The Kier molecular flexibility index (Phi) is 5.47. The van der Waals surface area contributed by atoms with Gasteiger partial charge in [-0.3, -0.25) is 9.59 Å². The van der Waals surface area contributed by atoms with Gasteiger partial charge in [-0.15, -0.1) is 0 Å². The average molecular weight is 406 g/mol. The van der Waals surface area contributed by atoms with E-state index in [0.29, 0.717) is 16.6 Å². The summed E-state index contributed by atoms with van der Waals surface area (Å²) in [4.78, 5) is 39.1. The number of nitrogens with one attached hydrogen (secondary N) is 1. The Balaban J connectivity index is 1.58. The summed E-state index contributed by atoms with van der Waals surface area (Å²) >= 11 is 0. The van der Waals surface area contributed by atoms with Crippen molar-refractivity contribution < 1.29 is 14.3 Å². The van der Waals surface area contributed by atoms with Gasteiger partial charge < -0.3 is 15.0 Å². The number of benzene rings is 2. The number of anilines is 2. The second-order valence-corrected chi connectivity index (χ2v) is 7.14. The van der Waals surface area contributed by atoms with Crippen molar-refractivity contribution in [1.82, 2.24) is 9.78 Å². The number of fused-ring (bicyclic) bond motifs is 1. The van der Waals surface area contributed by atoms with Gasteiger partial charge in [0, 0.05) is 24.2 Å². The maximum atomic E-state index is 12.9. The highest BCUT2D eigenvalue weighted by Gasteiger charge is 2.20. The van der Waals surface area contributed by atoms with Crippen molar-refractivity contribution in [3.05, 3.63) is 64.4 Å². The van der Waals surface area contributed by atoms with Gasteiger partial charge in [0.2, 0.25) is 5.91 Å². The number of carbonyl (C=O) groups excluding carboxylic acids is 2. The lowest BCUT2D eigenvalue weighted by Gasteiger charge is -2.19. The minimum atomic E-state index is -0.450. The molecule has 0 spiro atoms. The van der Waals surface area contributed by atoms with Crippen LogP contribution in [0.25, 0.3) is 10.8 Å². The molecule has 154 valence electrons. The number of carbonyl (C=O) groups is 2. The first-order valence-electron chi connectivity index (χ1n) is 9.80. The molecule has 0 saturated carbocycles. The maximum absolute atomic E-state index is 12.9. The van der Waals surface area contributed by atoms with Crippen LogP contribution in [0.4, 0.5) is 11.5 Å². The van der Waals surface area contributed by atoms with Crippen LogP contribution in [-0.4, -0.2) is 41.9 Å². The van der Waals surface area contributed by atoms with Crippen molar-refractivity contribution >= 4 is 34.2 Å². The SMILES string of the molecule is COC(=O)c1ccc(NC(=O)Cn2nc(N3CCCC3)c3ccccc3c2=O)cc1. The van der Waals surface area contributed by atoms with Crippen LogP contribution in [0.1, 0.15) is 23.2 Å². The Morgan fingerprint density at radius 3 is 2.37 bits per heavy atom. The van der Waals surface area contributed by atoms with Crippen molar-refractivity contribution in [2.45, 2.75) is 19.4 Å². The summed E-state index contributed by atoms with van der Waals surface area (Å²) in [5, 5.41) is 8.61. The Morgan fingerprint density at radius 2 is 1.70 bits per heavy atom. The molecule has 1 aromatic heterocycles. The van der Waals surface area contributed by atoms with Gasteiger partial charge in [-0.05, 0) is 43.2 Å². The third-order valence-electron chi connectivity index (χ3n) is 5.14.